The van der Waals surface area contributed by atoms with Crippen molar-refractivity contribution in [2.75, 3.05) is 0 Å². The molecule has 0 spiro atoms. The molecule has 4 nitrogen and oxygen atoms in total. The van der Waals surface area contributed by atoms with Crippen molar-refractivity contribution in [3.05, 3.63) is 120 Å². The molecule has 0 aliphatic carbocycles. The predicted molar refractivity (Wildman–Crippen MR) is 126 cm³/mol. The summed E-state index contributed by atoms with van der Waals surface area (Å²) in [4.78, 5) is 4.36. The van der Waals surface area contributed by atoms with Crippen molar-refractivity contribution in [3.8, 4) is 33.6 Å². The van der Waals surface area contributed by atoms with E-state index in [0.29, 0.717) is 22.6 Å². The first kappa shape index (κ1) is 19.9. The molecule has 1 atom stereocenters. The highest BCUT2D eigenvalue weighted by atomic mass is 16.5. The summed E-state index contributed by atoms with van der Waals surface area (Å²) in [7, 11) is 0. The second kappa shape index (κ2) is 8.61. The lowest BCUT2D eigenvalue weighted by atomic mass is 9.95. The molecule has 3 aromatic carbocycles. The molecule has 1 unspecified atom stereocenters. The summed E-state index contributed by atoms with van der Waals surface area (Å²) in [5.41, 5.74) is 7.14. The zero-order valence-corrected chi connectivity index (χ0v) is 17.6. The van der Waals surface area contributed by atoms with E-state index in [-0.39, 0.29) is 0 Å². The zero-order valence-electron chi connectivity index (χ0n) is 17.6. The number of nitrogens with zero attached hydrogens (tertiary/aromatic N) is 2. The van der Waals surface area contributed by atoms with Gasteiger partial charge in [-0.3, -0.25) is 4.98 Å². The number of aliphatic hydroxyl groups excluding tert-OH is 1. The Labute approximate surface area is 186 Å². The Morgan fingerprint density at radius 2 is 1.25 bits per heavy atom. The van der Waals surface area contributed by atoms with Gasteiger partial charge in [-0.05, 0) is 29.7 Å². The molecular formula is C28H22N2O2. The average molecular weight is 418 g/mol. The SMILES string of the molecule is Cc1noc(-c2ccc(-c3ccccc3)cc2)c1C(O)c1cncc(-c2ccccc2)c1. The molecule has 0 fully saturated rings. The van der Waals surface area contributed by atoms with Crippen molar-refractivity contribution < 1.29 is 9.63 Å². The van der Waals surface area contributed by atoms with Crippen LogP contribution in [0.3, 0.4) is 0 Å². The summed E-state index contributed by atoms with van der Waals surface area (Å²) in [5, 5.41) is 15.4. The Morgan fingerprint density at radius 3 is 1.91 bits per heavy atom. The van der Waals surface area contributed by atoms with Crippen LogP contribution in [0, 0.1) is 6.92 Å². The van der Waals surface area contributed by atoms with E-state index in [1.165, 1.54) is 0 Å². The van der Waals surface area contributed by atoms with Crippen LogP contribution >= 0.6 is 0 Å². The summed E-state index contributed by atoms with van der Waals surface area (Å²) < 4.78 is 5.65. The van der Waals surface area contributed by atoms with Gasteiger partial charge in [-0.1, -0.05) is 90.1 Å². The van der Waals surface area contributed by atoms with Gasteiger partial charge in [0.15, 0.2) is 5.76 Å². The molecule has 0 radical (unpaired) electrons. The summed E-state index contributed by atoms with van der Waals surface area (Å²) >= 11 is 0. The van der Waals surface area contributed by atoms with Gasteiger partial charge in [-0.25, -0.2) is 0 Å². The third-order valence-electron chi connectivity index (χ3n) is 5.62. The van der Waals surface area contributed by atoms with E-state index in [9.17, 15) is 5.11 Å². The van der Waals surface area contributed by atoms with Crippen molar-refractivity contribution in [2.24, 2.45) is 0 Å². The van der Waals surface area contributed by atoms with Crippen LogP contribution in [0.15, 0.2) is 108 Å². The topological polar surface area (TPSA) is 59.2 Å². The highest BCUT2D eigenvalue weighted by Crippen LogP contribution is 2.36. The van der Waals surface area contributed by atoms with Gasteiger partial charge in [0.1, 0.15) is 6.10 Å². The number of aryl methyl sites for hydroxylation is 1. The van der Waals surface area contributed by atoms with Crippen molar-refractivity contribution in [3.63, 3.8) is 0 Å². The van der Waals surface area contributed by atoms with Gasteiger partial charge >= 0.3 is 0 Å². The van der Waals surface area contributed by atoms with Gasteiger partial charge in [0.2, 0.25) is 0 Å². The molecule has 2 aromatic heterocycles. The summed E-state index contributed by atoms with van der Waals surface area (Å²) in [6.45, 7) is 1.85. The molecule has 5 rings (SSSR count). The van der Waals surface area contributed by atoms with Crippen LogP contribution in [0.5, 0.6) is 0 Å². The second-order valence-corrected chi connectivity index (χ2v) is 7.73. The molecule has 0 saturated heterocycles. The van der Waals surface area contributed by atoms with Gasteiger partial charge in [0.05, 0.1) is 11.3 Å². The first-order valence-corrected chi connectivity index (χ1v) is 10.5. The Morgan fingerprint density at radius 1 is 0.688 bits per heavy atom. The van der Waals surface area contributed by atoms with Crippen LogP contribution in [-0.4, -0.2) is 15.2 Å². The molecule has 0 bridgehead atoms. The highest BCUT2D eigenvalue weighted by molar-refractivity contribution is 5.70. The molecule has 0 amide bonds. The largest absolute Gasteiger partial charge is 0.383 e. The van der Waals surface area contributed by atoms with Crippen LogP contribution in [-0.2, 0) is 0 Å². The first-order chi connectivity index (χ1) is 15.7. The number of rotatable bonds is 5. The van der Waals surface area contributed by atoms with E-state index in [0.717, 1.165) is 27.8 Å². The average Bonchev–Trinajstić information content (AvgIpc) is 3.26. The van der Waals surface area contributed by atoms with E-state index in [1.807, 2.05) is 73.7 Å². The van der Waals surface area contributed by atoms with Crippen LogP contribution in [0.4, 0.5) is 0 Å². The maximum atomic E-state index is 11.3. The van der Waals surface area contributed by atoms with E-state index in [2.05, 4.69) is 34.4 Å². The van der Waals surface area contributed by atoms with E-state index >= 15 is 0 Å². The molecule has 4 heteroatoms. The molecular weight excluding hydrogens is 396 g/mol. The number of hydrogen-bond donors (Lipinski definition) is 1. The smallest absolute Gasteiger partial charge is 0.173 e. The number of aromatic nitrogens is 2. The third kappa shape index (κ3) is 3.84. The minimum Gasteiger partial charge on any atom is -0.383 e. The summed E-state index contributed by atoms with van der Waals surface area (Å²) in [6, 6.07) is 30.3. The van der Waals surface area contributed by atoms with Crippen LogP contribution < -0.4 is 0 Å². The Balaban J connectivity index is 1.49. The molecule has 1 N–H and O–H groups in total. The fraction of sp³-hybridized carbons (Fsp3) is 0.0714. The van der Waals surface area contributed by atoms with Crippen molar-refractivity contribution >= 4 is 0 Å². The number of aliphatic hydroxyl groups is 1. The second-order valence-electron chi connectivity index (χ2n) is 7.73. The van der Waals surface area contributed by atoms with Crippen molar-refractivity contribution in [2.45, 2.75) is 13.0 Å². The standard InChI is InChI=1S/C28H22N2O2/c1-19-26(27(31)25-16-24(17-29-18-25)21-10-6-3-7-11-21)28(32-30-19)23-14-12-22(13-15-23)20-8-4-2-5-9-20/h2-18,27,31H,1H3. The lowest BCUT2D eigenvalue weighted by Gasteiger charge is -2.13. The first-order valence-electron chi connectivity index (χ1n) is 10.5. The van der Waals surface area contributed by atoms with Crippen molar-refractivity contribution in [1.29, 1.82) is 0 Å². The Kier molecular flexibility index (Phi) is 5.36. The maximum absolute atomic E-state index is 11.3. The molecule has 0 aliphatic heterocycles. The van der Waals surface area contributed by atoms with Gasteiger partial charge in [0, 0.05) is 29.1 Å². The minimum absolute atomic E-state index is 0.569. The molecule has 2 heterocycles. The molecule has 32 heavy (non-hydrogen) atoms. The lowest BCUT2D eigenvalue weighted by Crippen LogP contribution is -2.03. The minimum atomic E-state index is -0.902. The lowest BCUT2D eigenvalue weighted by molar-refractivity contribution is 0.219. The normalized spacial score (nSPS) is 11.9. The molecule has 5 aromatic rings. The zero-order chi connectivity index (χ0) is 21.9. The quantitative estimate of drug-likeness (QED) is 0.356. The summed E-state index contributed by atoms with van der Waals surface area (Å²) in [6.07, 6.45) is 2.59. The van der Waals surface area contributed by atoms with Crippen molar-refractivity contribution in [1.82, 2.24) is 10.1 Å². The number of benzene rings is 3. The Bertz CT molecular complexity index is 1330. The Hall–Kier alpha value is -4.02. The van der Waals surface area contributed by atoms with E-state index < -0.39 is 6.10 Å². The number of hydrogen-bond acceptors (Lipinski definition) is 4. The fourth-order valence-corrected chi connectivity index (χ4v) is 3.91. The predicted octanol–water partition coefficient (Wildman–Crippen LogP) is 6.46. The van der Waals surface area contributed by atoms with Crippen LogP contribution in [0.1, 0.15) is 22.9 Å². The van der Waals surface area contributed by atoms with Gasteiger partial charge in [-0.2, -0.15) is 0 Å². The summed E-state index contributed by atoms with van der Waals surface area (Å²) in [5.74, 6) is 0.569. The van der Waals surface area contributed by atoms with Crippen LogP contribution in [0.2, 0.25) is 0 Å². The fourth-order valence-electron chi connectivity index (χ4n) is 3.91. The molecule has 156 valence electrons. The maximum Gasteiger partial charge on any atom is 0.173 e. The number of pyridine rings is 1. The van der Waals surface area contributed by atoms with Crippen LogP contribution in [0.25, 0.3) is 33.6 Å². The van der Waals surface area contributed by atoms with Gasteiger partial charge in [0.25, 0.3) is 0 Å². The third-order valence-corrected chi connectivity index (χ3v) is 5.62. The van der Waals surface area contributed by atoms with E-state index in [1.54, 1.807) is 12.4 Å². The van der Waals surface area contributed by atoms with Gasteiger partial charge in [-0.15, -0.1) is 0 Å². The highest BCUT2D eigenvalue weighted by Gasteiger charge is 2.24. The molecule has 0 saturated carbocycles. The van der Waals surface area contributed by atoms with Gasteiger partial charge < -0.3 is 9.63 Å². The van der Waals surface area contributed by atoms with E-state index in [4.69, 9.17) is 4.52 Å². The molecule has 0 aliphatic rings. The monoisotopic (exact) mass is 418 g/mol.